The molecule has 0 saturated heterocycles. The van der Waals surface area contributed by atoms with Gasteiger partial charge in [-0.25, -0.2) is 0 Å². The molecule has 1 aromatic rings. The molecule has 1 rings (SSSR count). The van der Waals surface area contributed by atoms with Gasteiger partial charge in [-0.2, -0.15) is 0 Å². The highest BCUT2D eigenvalue weighted by Gasteiger charge is 2.00. The van der Waals surface area contributed by atoms with Crippen LogP contribution in [0.5, 0.6) is 0 Å². The van der Waals surface area contributed by atoms with Crippen molar-refractivity contribution in [3.8, 4) is 0 Å². The van der Waals surface area contributed by atoms with Crippen molar-refractivity contribution in [3.63, 3.8) is 0 Å². The van der Waals surface area contributed by atoms with E-state index in [4.69, 9.17) is 17.3 Å². The molecule has 1 aromatic heterocycles. The van der Waals surface area contributed by atoms with Crippen LogP contribution in [0.4, 0.5) is 0 Å². The lowest BCUT2D eigenvalue weighted by atomic mass is 10.3. The normalized spacial score (nSPS) is 13.7. The molecule has 0 fully saturated rings. The van der Waals surface area contributed by atoms with E-state index in [9.17, 15) is 0 Å². The van der Waals surface area contributed by atoms with Crippen LogP contribution in [0.2, 0.25) is 5.02 Å². The number of hydrogen-bond donors (Lipinski definition) is 1. The maximum absolute atomic E-state index is 5.66. The molecule has 0 aromatic carbocycles. The van der Waals surface area contributed by atoms with Gasteiger partial charge in [0.15, 0.2) is 0 Å². The van der Waals surface area contributed by atoms with Crippen LogP contribution in [0.15, 0.2) is 11.4 Å². The fraction of sp³-hybridized carbons (Fsp3) is 0.333. The molecule has 0 saturated carbocycles. The second kappa shape index (κ2) is 2.69. The van der Waals surface area contributed by atoms with Crippen molar-refractivity contribution in [1.29, 1.82) is 0 Å². The van der Waals surface area contributed by atoms with Crippen molar-refractivity contribution in [2.75, 3.05) is 0 Å². The molecule has 0 radical (unpaired) electrons. The molecule has 1 atom stereocenters. The van der Waals surface area contributed by atoms with Crippen LogP contribution < -0.4 is 5.73 Å². The van der Waals surface area contributed by atoms with E-state index in [1.807, 2.05) is 18.4 Å². The maximum atomic E-state index is 5.66. The SMILES string of the molecule is C[C@@H](N)c1cc(Cl)cs1. The Kier molecular flexibility index (Phi) is 2.11. The summed E-state index contributed by atoms with van der Waals surface area (Å²) >= 11 is 7.26. The average molecular weight is 162 g/mol. The monoisotopic (exact) mass is 161 g/mol. The number of hydrogen-bond acceptors (Lipinski definition) is 2. The number of thiophene rings is 1. The quantitative estimate of drug-likeness (QED) is 0.673. The summed E-state index contributed by atoms with van der Waals surface area (Å²) in [6, 6.07) is 2.01. The van der Waals surface area contributed by atoms with Crippen molar-refractivity contribution >= 4 is 22.9 Å². The largest absolute Gasteiger partial charge is 0.324 e. The van der Waals surface area contributed by atoms with Crippen molar-refractivity contribution in [2.24, 2.45) is 5.73 Å². The zero-order valence-corrected chi connectivity index (χ0v) is 6.67. The minimum Gasteiger partial charge on any atom is -0.324 e. The first kappa shape index (κ1) is 7.06. The average Bonchev–Trinajstić information content (AvgIpc) is 2.14. The molecule has 2 N–H and O–H groups in total. The molecule has 0 aliphatic heterocycles. The van der Waals surface area contributed by atoms with Gasteiger partial charge in [0.05, 0.1) is 5.02 Å². The minimum absolute atomic E-state index is 0.113. The fourth-order valence-electron chi connectivity index (χ4n) is 0.567. The van der Waals surface area contributed by atoms with E-state index in [1.54, 1.807) is 11.3 Å². The summed E-state index contributed by atoms with van der Waals surface area (Å²) < 4.78 is 0. The molecular formula is C6H8ClNS. The lowest BCUT2D eigenvalue weighted by molar-refractivity contribution is 0.838. The van der Waals surface area contributed by atoms with E-state index in [1.165, 1.54) is 0 Å². The summed E-state index contributed by atoms with van der Waals surface area (Å²) in [7, 11) is 0. The highest BCUT2D eigenvalue weighted by Crippen LogP contribution is 2.23. The molecule has 0 amide bonds. The van der Waals surface area contributed by atoms with Gasteiger partial charge in [0.25, 0.3) is 0 Å². The van der Waals surface area contributed by atoms with E-state index >= 15 is 0 Å². The topological polar surface area (TPSA) is 26.0 Å². The maximum Gasteiger partial charge on any atom is 0.0516 e. The third-order valence-corrected chi connectivity index (χ3v) is 2.52. The van der Waals surface area contributed by atoms with Gasteiger partial charge in [0, 0.05) is 16.3 Å². The molecule has 1 nitrogen and oxygen atoms in total. The van der Waals surface area contributed by atoms with Gasteiger partial charge >= 0.3 is 0 Å². The highest BCUT2D eigenvalue weighted by atomic mass is 35.5. The van der Waals surface area contributed by atoms with E-state index in [0.717, 1.165) is 9.90 Å². The summed E-state index contributed by atoms with van der Waals surface area (Å²) in [6.07, 6.45) is 0. The molecule has 1 heterocycles. The lowest BCUT2D eigenvalue weighted by Gasteiger charge is -1.96. The van der Waals surface area contributed by atoms with Gasteiger partial charge in [-0.15, -0.1) is 11.3 Å². The molecule has 0 aliphatic carbocycles. The predicted octanol–water partition coefficient (Wildman–Crippen LogP) is 2.42. The highest BCUT2D eigenvalue weighted by molar-refractivity contribution is 7.10. The Balaban J connectivity index is 2.85. The van der Waals surface area contributed by atoms with Gasteiger partial charge in [0.1, 0.15) is 0 Å². The van der Waals surface area contributed by atoms with Crippen LogP contribution in [0.25, 0.3) is 0 Å². The third kappa shape index (κ3) is 1.68. The molecule has 0 aliphatic rings. The summed E-state index contributed by atoms with van der Waals surface area (Å²) in [5, 5.41) is 2.67. The van der Waals surface area contributed by atoms with Crippen LogP contribution in [0.1, 0.15) is 17.8 Å². The van der Waals surface area contributed by atoms with Crippen LogP contribution in [-0.2, 0) is 0 Å². The predicted molar refractivity (Wildman–Crippen MR) is 41.9 cm³/mol. The van der Waals surface area contributed by atoms with Gasteiger partial charge in [-0.05, 0) is 13.0 Å². The zero-order chi connectivity index (χ0) is 6.85. The van der Waals surface area contributed by atoms with E-state index in [2.05, 4.69) is 0 Å². The van der Waals surface area contributed by atoms with Gasteiger partial charge in [-0.3, -0.25) is 0 Å². The Bertz CT molecular complexity index is 195. The summed E-state index contributed by atoms with van der Waals surface area (Å²) in [6.45, 7) is 1.95. The van der Waals surface area contributed by atoms with Crippen LogP contribution in [0, 0.1) is 0 Å². The lowest BCUT2D eigenvalue weighted by Crippen LogP contribution is -2.01. The van der Waals surface area contributed by atoms with E-state index in [0.29, 0.717) is 0 Å². The summed E-state index contributed by atoms with van der Waals surface area (Å²) in [5.74, 6) is 0. The van der Waals surface area contributed by atoms with Gasteiger partial charge in [0.2, 0.25) is 0 Å². The van der Waals surface area contributed by atoms with E-state index in [-0.39, 0.29) is 6.04 Å². The smallest absolute Gasteiger partial charge is 0.0516 e. The van der Waals surface area contributed by atoms with Crippen LogP contribution in [0.3, 0.4) is 0 Å². The molecule has 0 spiro atoms. The number of halogens is 1. The summed E-state index contributed by atoms with van der Waals surface area (Å²) in [5.41, 5.74) is 5.58. The fourth-order valence-corrected chi connectivity index (χ4v) is 1.61. The molecule has 0 unspecified atom stereocenters. The standard InChI is InChI=1S/C6H8ClNS/c1-4(8)6-2-5(7)3-9-6/h2-4H,8H2,1H3/t4-/m1/s1. The first-order chi connectivity index (χ1) is 4.20. The first-order valence-corrected chi connectivity index (χ1v) is 3.95. The summed E-state index contributed by atoms with van der Waals surface area (Å²) in [4.78, 5) is 1.14. The molecular weight excluding hydrogens is 154 g/mol. The van der Waals surface area contributed by atoms with E-state index < -0.39 is 0 Å². The van der Waals surface area contributed by atoms with Crippen molar-refractivity contribution < 1.29 is 0 Å². The Morgan fingerprint density at radius 1 is 1.78 bits per heavy atom. The molecule has 0 bridgehead atoms. The Morgan fingerprint density at radius 3 is 2.67 bits per heavy atom. The van der Waals surface area contributed by atoms with Crippen molar-refractivity contribution in [1.82, 2.24) is 0 Å². The van der Waals surface area contributed by atoms with Crippen LogP contribution >= 0.6 is 22.9 Å². The Labute approximate surface area is 63.4 Å². The molecule has 9 heavy (non-hydrogen) atoms. The third-order valence-electron chi connectivity index (χ3n) is 1.04. The molecule has 3 heteroatoms. The van der Waals surface area contributed by atoms with Crippen molar-refractivity contribution in [2.45, 2.75) is 13.0 Å². The minimum atomic E-state index is 0.113. The zero-order valence-electron chi connectivity index (χ0n) is 5.10. The van der Waals surface area contributed by atoms with Crippen molar-refractivity contribution in [3.05, 3.63) is 21.3 Å². The first-order valence-electron chi connectivity index (χ1n) is 2.69. The second-order valence-electron chi connectivity index (χ2n) is 1.96. The van der Waals surface area contributed by atoms with Gasteiger partial charge in [-0.1, -0.05) is 11.6 Å². The number of rotatable bonds is 1. The Morgan fingerprint density at radius 2 is 2.44 bits per heavy atom. The Hall–Kier alpha value is -0.0500. The number of nitrogens with two attached hydrogens (primary N) is 1. The van der Waals surface area contributed by atoms with Gasteiger partial charge < -0.3 is 5.73 Å². The van der Waals surface area contributed by atoms with Crippen LogP contribution in [-0.4, -0.2) is 0 Å². The molecule has 50 valence electrons. The second-order valence-corrected chi connectivity index (χ2v) is 3.34.